The number of rotatable bonds is 48. The molecule has 0 radical (unpaired) electrons. The highest BCUT2D eigenvalue weighted by Gasteiger charge is 2.47. The van der Waals surface area contributed by atoms with Gasteiger partial charge in [-0.3, -0.25) is 0 Å². The molecule has 0 bridgehead atoms. The molecule has 4 aliphatic rings. The standard InChI is InChI=1S/C90H140N2O16S5/c1-19-31-35-61(23-5)41-97-49-89(50-98-42-62(24-6)36-32-20-2)55-101-69-71(103-57-89)79(81-73-75(83(111-81)85(13,14)15)107-59-87(53-105-73,45-93-27-9)46-94-28-10)109-77(69)65-39-40-66(68-67(65)91-113-92-68)78-70-72(104-58-90(56-102-70,51-99-43-63(25-7)37-33-21-3)52-100-44-64(26-8)38-34-22-4)80(110-78)82-74-76(84(112-82)86(16,17)18)108-60-88(54-106-74,47-95-29-11)48-96-30-12/h39-40,61-64H,19-38,41-60H2,1-18H3. The highest BCUT2D eigenvalue weighted by atomic mass is 32.1. The zero-order valence-corrected chi connectivity index (χ0v) is 76.3. The molecule has 23 heteroatoms. The second-order valence-corrected chi connectivity index (χ2v) is 39.5. The van der Waals surface area contributed by atoms with Crippen LogP contribution in [0.15, 0.2) is 12.1 Å². The van der Waals surface area contributed by atoms with E-state index in [-0.39, 0.29) is 24.0 Å². The lowest BCUT2D eigenvalue weighted by atomic mass is 9.91. The van der Waals surface area contributed by atoms with Crippen LogP contribution in [0.2, 0.25) is 0 Å². The minimum Gasteiger partial charge on any atom is -0.488 e. The van der Waals surface area contributed by atoms with E-state index in [1.54, 1.807) is 45.3 Å². The summed E-state index contributed by atoms with van der Waals surface area (Å²) in [6.07, 6.45) is 17.9. The van der Waals surface area contributed by atoms with Crippen molar-refractivity contribution in [3.63, 3.8) is 0 Å². The minimum absolute atomic E-state index is 0.289. The van der Waals surface area contributed by atoms with Crippen molar-refractivity contribution in [2.45, 2.75) is 238 Å². The SMILES string of the molecule is CCCCC(CC)COCC1(COCC(CC)CCCC)COc2c(-c3sc(C(C)(C)C)c4c3OCC(COCC)(COCC)CO4)sc(-c3ccc(-c4sc(-c5sc(C(C)(C)C)c6c5OCC(COCC)(COCC)CO6)c5c4OCC(COCC(CC)CCCC)(COCC(CC)CCCC)CO5)c4nsnc34)c2OC1. The quantitative estimate of drug-likeness (QED) is 0.0352. The van der Waals surface area contributed by atoms with Gasteiger partial charge in [0.15, 0.2) is 46.0 Å². The molecule has 0 saturated heterocycles. The molecule has 4 aliphatic heterocycles. The first kappa shape index (κ1) is 91.2. The summed E-state index contributed by atoms with van der Waals surface area (Å²) < 4.78 is 122. The van der Waals surface area contributed by atoms with Gasteiger partial charge in [-0.2, -0.15) is 8.75 Å². The van der Waals surface area contributed by atoms with Crippen LogP contribution in [0.4, 0.5) is 0 Å². The molecule has 18 nitrogen and oxygen atoms in total. The van der Waals surface area contributed by atoms with Crippen LogP contribution in [-0.4, -0.2) is 167 Å². The Hall–Kier alpha value is -4.08. The number of fused-ring (bicyclic) bond motifs is 5. The number of hydrogen-bond acceptors (Lipinski definition) is 23. The average Bonchev–Trinajstić information content (AvgIpc) is 1.58. The lowest BCUT2D eigenvalue weighted by molar-refractivity contribution is -0.0715. The molecule has 0 N–H and O–H groups in total. The van der Waals surface area contributed by atoms with Crippen LogP contribution in [0.1, 0.15) is 237 Å². The molecule has 4 atom stereocenters. The highest BCUT2D eigenvalue weighted by Crippen LogP contribution is 2.65. The zero-order chi connectivity index (χ0) is 80.8. The fourth-order valence-electron chi connectivity index (χ4n) is 15.3. The monoisotopic (exact) mass is 1660 g/mol. The summed E-state index contributed by atoms with van der Waals surface area (Å²) >= 11 is 7.85. The van der Waals surface area contributed by atoms with Gasteiger partial charge in [0.05, 0.1) is 125 Å². The maximum atomic E-state index is 7.57. The van der Waals surface area contributed by atoms with Gasteiger partial charge >= 0.3 is 0 Å². The van der Waals surface area contributed by atoms with E-state index >= 15 is 0 Å². The largest absolute Gasteiger partial charge is 0.488 e. The van der Waals surface area contributed by atoms with Gasteiger partial charge in [-0.25, -0.2) is 0 Å². The summed E-state index contributed by atoms with van der Waals surface area (Å²) in [6, 6.07) is 4.39. The lowest BCUT2D eigenvalue weighted by Crippen LogP contribution is -2.43. The fraction of sp³-hybridized carbons (Fsp3) is 0.756. The van der Waals surface area contributed by atoms with E-state index in [1.165, 1.54) is 37.4 Å². The number of thiophene rings is 4. The second-order valence-electron chi connectivity index (χ2n) is 34.9. The Morgan fingerprint density at radius 3 is 0.788 bits per heavy atom. The van der Waals surface area contributed by atoms with E-state index in [4.69, 9.17) is 84.5 Å². The van der Waals surface area contributed by atoms with Crippen LogP contribution >= 0.6 is 57.1 Å². The summed E-state index contributed by atoms with van der Waals surface area (Å²) in [5.41, 5.74) is 0.000498. The van der Waals surface area contributed by atoms with Gasteiger partial charge in [-0.15, -0.1) is 45.3 Å². The number of nitrogens with zero attached hydrogens (tertiary/aromatic N) is 2. The van der Waals surface area contributed by atoms with Gasteiger partial charge in [0, 0.05) is 74.8 Å². The Morgan fingerprint density at radius 2 is 0.549 bits per heavy atom. The van der Waals surface area contributed by atoms with Gasteiger partial charge in [-0.05, 0) is 77.0 Å². The van der Waals surface area contributed by atoms with E-state index in [9.17, 15) is 0 Å². The van der Waals surface area contributed by atoms with Crippen molar-refractivity contribution in [1.29, 1.82) is 0 Å². The number of hydrogen-bond donors (Lipinski definition) is 0. The molecule has 1 aromatic carbocycles. The third-order valence-electron chi connectivity index (χ3n) is 22.8. The van der Waals surface area contributed by atoms with Gasteiger partial charge in [-0.1, -0.05) is 186 Å². The van der Waals surface area contributed by atoms with Crippen LogP contribution in [0, 0.1) is 45.3 Å². The smallest absolute Gasteiger partial charge is 0.181 e. The van der Waals surface area contributed by atoms with Crippen LogP contribution in [-0.2, 0) is 48.7 Å². The first-order valence-corrected chi connectivity index (χ1v) is 47.2. The maximum Gasteiger partial charge on any atom is 0.181 e. The van der Waals surface area contributed by atoms with E-state index in [0.717, 1.165) is 139 Å². The van der Waals surface area contributed by atoms with Crippen molar-refractivity contribution in [3.8, 4) is 86.4 Å². The molecular weight excluding hydrogens is 1530 g/mol. The topological polar surface area (TPSA) is 173 Å². The molecule has 0 amide bonds. The molecule has 10 rings (SSSR count). The summed E-state index contributed by atoms with van der Waals surface area (Å²) in [6.45, 7) is 50.4. The minimum atomic E-state index is -0.674. The Labute approximate surface area is 698 Å². The van der Waals surface area contributed by atoms with E-state index in [1.807, 2.05) is 27.7 Å². The van der Waals surface area contributed by atoms with Crippen LogP contribution < -0.4 is 37.9 Å². The van der Waals surface area contributed by atoms with Gasteiger partial charge in [0.2, 0.25) is 0 Å². The third-order valence-corrected chi connectivity index (χ3v) is 29.2. The summed E-state index contributed by atoms with van der Waals surface area (Å²) in [7, 11) is 0. The third kappa shape index (κ3) is 22.7. The molecule has 9 heterocycles. The molecular formula is C90H140N2O16S5. The summed E-state index contributed by atoms with van der Waals surface area (Å²) in [5.74, 6) is 7.15. The van der Waals surface area contributed by atoms with E-state index < -0.39 is 21.7 Å². The van der Waals surface area contributed by atoms with Crippen molar-refractivity contribution in [1.82, 2.24) is 8.75 Å². The fourth-order valence-corrected chi connectivity index (χ4v) is 21.0. The molecule has 6 aromatic rings. The number of unbranched alkanes of at least 4 members (excludes halogenated alkanes) is 4. The number of benzene rings is 1. The Kier molecular flexibility index (Phi) is 34.9. The Morgan fingerprint density at radius 1 is 0.319 bits per heavy atom. The van der Waals surface area contributed by atoms with Gasteiger partial charge < -0.3 is 75.8 Å². The maximum absolute atomic E-state index is 7.57. The molecule has 0 aliphatic carbocycles. The lowest BCUT2D eigenvalue weighted by Gasteiger charge is -2.32. The van der Waals surface area contributed by atoms with Crippen molar-refractivity contribution < 1.29 is 75.8 Å². The molecule has 0 fully saturated rings. The van der Waals surface area contributed by atoms with Gasteiger partial charge in [0.25, 0.3) is 0 Å². The second kappa shape index (κ2) is 43.2. The molecule has 5 aromatic heterocycles. The predicted octanol–water partition coefficient (Wildman–Crippen LogP) is 23.3. The number of aromatic nitrogens is 2. The van der Waals surface area contributed by atoms with E-state index in [0.29, 0.717) is 215 Å². The van der Waals surface area contributed by atoms with Crippen molar-refractivity contribution in [2.24, 2.45) is 45.3 Å². The molecule has 4 unspecified atom stereocenters. The predicted molar refractivity (Wildman–Crippen MR) is 464 cm³/mol. The van der Waals surface area contributed by atoms with Crippen molar-refractivity contribution in [2.75, 3.05) is 159 Å². The Bertz CT molecular complexity index is 3540. The highest BCUT2D eigenvalue weighted by molar-refractivity contribution is 7.26. The van der Waals surface area contributed by atoms with Gasteiger partial charge in [0.1, 0.15) is 63.9 Å². The summed E-state index contributed by atoms with van der Waals surface area (Å²) in [4.78, 5) is 7.42. The van der Waals surface area contributed by atoms with Crippen LogP contribution in [0.3, 0.4) is 0 Å². The van der Waals surface area contributed by atoms with Crippen molar-refractivity contribution >= 4 is 68.1 Å². The Balaban J connectivity index is 1.15. The zero-order valence-electron chi connectivity index (χ0n) is 72.2. The molecule has 0 saturated carbocycles. The molecule has 636 valence electrons. The first-order valence-electron chi connectivity index (χ1n) is 43.2. The number of ether oxygens (including phenoxy) is 16. The van der Waals surface area contributed by atoms with Crippen molar-refractivity contribution in [3.05, 3.63) is 21.9 Å². The molecule has 113 heavy (non-hydrogen) atoms. The average molecular weight is 1670 g/mol. The van der Waals surface area contributed by atoms with Crippen LogP contribution in [0.5, 0.6) is 46.0 Å². The van der Waals surface area contributed by atoms with E-state index in [2.05, 4.69) is 109 Å². The first-order chi connectivity index (χ1) is 54.6. The van der Waals surface area contributed by atoms with Crippen LogP contribution in [0.25, 0.3) is 51.4 Å². The molecule has 0 spiro atoms. The summed E-state index contributed by atoms with van der Waals surface area (Å²) in [5, 5.41) is 0. The normalized spacial score (nSPS) is 19.2.